The second-order valence-corrected chi connectivity index (χ2v) is 6.56. The summed E-state index contributed by atoms with van der Waals surface area (Å²) in [5.41, 5.74) is 8.16. The molecule has 0 aliphatic rings. The molecule has 19 heavy (non-hydrogen) atoms. The summed E-state index contributed by atoms with van der Waals surface area (Å²) in [6.07, 6.45) is 3.64. The van der Waals surface area contributed by atoms with E-state index in [9.17, 15) is 0 Å². The van der Waals surface area contributed by atoms with Gasteiger partial charge in [0.15, 0.2) is 0 Å². The summed E-state index contributed by atoms with van der Waals surface area (Å²) in [7, 11) is 0. The van der Waals surface area contributed by atoms with Crippen molar-refractivity contribution in [3.8, 4) is 0 Å². The van der Waals surface area contributed by atoms with E-state index in [-0.39, 0.29) is 0 Å². The van der Waals surface area contributed by atoms with Crippen molar-refractivity contribution >= 4 is 32.9 Å². The Bertz CT molecular complexity index is 560. The zero-order valence-electron chi connectivity index (χ0n) is 11.9. The van der Waals surface area contributed by atoms with Gasteiger partial charge in [-0.2, -0.15) is 0 Å². The third kappa shape index (κ3) is 3.30. The Morgan fingerprint density at radius 3 is 2.68 bits per heavy atom. The first-order chi connectivity index (χ1) is 8.99. The second kappa shape index (κ2) is 5.95. The molecule has 0 aliphatic carbocycles. The zero-order valence-corrected chi connectivity index (χ0v) is 13.4. The lowest BCUT2D eigenvalue weighted by Gasteiger charge is -2.16. The summed E-state index contributed by atoms with van der Waals surface area (Å²) in [6.45, 7) is 6.76. The molecule has 0 saturated heterocycles. The van der Waals surface area contributed by atoms with E-state index in [4.69, 9.17) is 5.73 Å². The van der Waals surface area contributed by atoms with Gasteiger partial charge in [-0.15, -0.1) is 0 Å². The Labute approximate surface area is 123 Å². The van der Waals surface area contributed by atoms with E-state index in [0.717, 1.165) is 27.8 Å². The molecular formula is C15H22BrN3. The largest absolute Gasteiger partial charge is 0.369 e. The molecule has 1 atom stereocenters. The minimum absolute atomic E-state index is 0.393. The molecule has 0 radical (unpaired) electrons. The molecule has 2 aromatic rings. The summed E-state index contributed by atoms with van der Waals surface area (Å²) in [5.74, 6) is 1.38. The Morgan fingerprint density at radius 2 is 2.00 bits per heavy atom. The van der Waals surface area contributed by atoms with Crippen molar-refractivity contribution in [1.29, 1.82) is 0 Å². The predicted octanol–water partition coefficient (Wildman–Crippen LogP) is 4.77. The number of fused-ring (bicyclic) bond motifs is 1. The first-order valence-electron chi connectivity index (χ1n) is 6.92. The van der Waals surface area contributed by atoms with Crippen LogP contribution in [0.3, 0.4) is 0 Å². The third-order valence-electron chi connectivity index (χ3n) is 3.52. The van der Waals surface area contributed by atoms with E-state index in [0.29, 0.717) is 12.0 Å². The molecule has 1 aromatic heterocycles. The molecule has 1 heterocycles. The van der Waals surface area contributed by atoms with Crippen LogP contribution in [0.4, 0.5) is 5.95 Å². The molecule has 1 aromatic carbocycles. The van der Waals surface area contributed by atoms with Crippen molar-refractivity contribution in [1.82, 2.24) is 9.55 Å². The maximum atomic E-state index is 6.07. The van der Waals surface area contributed by atoms with Crippen LogP contribution in [0.5, 0.6) is 0 Å². The summed E-state index contributed by atoms with van der Waals surface area (Å²) >= 11 is 3.47. The van der Waals surface area contributed by atoms with Gasteiger partial charge in [-0.25, -0.2) is 4.98 Å². The average molecular weight is 324 g/mol. The van der Waals surface area contributed by atoms with Gasteiger partial charge in [0.25, 0.3) is 0 Å². The monoisotopic (exact) mass is 323 g/mol. The van der Waals surface area contributed by atoms with Gasteiger partial charge in [0.05, 0.1) is 11.0 Å². The maximum Gasteiger partial charge on any atom is 0.201 e. The topological polar surface area (TPSA) is 43.8 Å². The number of nitrogens with two attached hydrogens (primary N) is 1. The van der Waals surface area contributed by atoms with Crippen LogP contribution in [-0.4, -0.2) is 9.55 Å². The Balaban J connectivity index is 2.21. The normalized spacial score (nSPS) is 13.3. The number of anilines is 1. The summed E-state index contributed by atoms with van der Waals surface area (Å²) in [4.78, 5) is 4.45. The van der Waals surface area contributed by atoms with Crippen molar-refractivity contribution in [2.75, 3.05) is 5.73 Å². The fourth-order valence-corrected chi connectivity index (χ4v) is 2.85. The molecule has 4 heteroatoms. The highest BCUT2D eigenvalue weighted by Crippen LogP contribution is 2.28. The molecule has 2 N–H and O–H groups in total. The molecule has 0 bridgehead atoms. The standard InChI is InChI=1S/C15H22BrN3/c1-10(2)5-4-6-11(3)19-14-8-7-12(16)9-13(14)18-15(19)17/h7-11H,4-6H2,1-3H3,(H2,17,18). The number of hydrogen-bond donors (Lipinski definition) is 1. The number of imidazole rings is 1. The lowest BCUT2D eigenvalue weighted by atomic mass is 10.0. The van der Waals surface area contributed by atoms with Crippen LogP contribution >= 0.6 is 15.9 Å². The van der Waals surface area contributed by atoms with Crippen molar-refractivity contribution in [3.05, 3.63) is 22.7 Å². The van der Waals surface area contributed by atoms with E-state index >= 15 is 0 Å². The molecule has 0 saturated carbocycles. The first-order valence-corrected chi connectivity index (χ1v) is 7.71. The lowest BCUT2D eigenvalue weighted by Crippen LogP contribution is -2.09. The van der Waals surface area contributed by atoms with Crippen LogP contribution in [0.15, 0.2) is 22.7 Å². The molecule has 0 spiro atoms. The smallest absolute Gasteiger partial charge is 0.201 e. The van der Waals surface area contributed by atoms with Crippen LogP contribution in [0.1, 0.15) is 46.1 Å². The van der Waals surface area contributed by atoms with E-state index in [2.05, 4.69) is 52.3 Å². The second-order valence-electron chi connectivity index (χ2n) is 5.65. The Kier molecular flexibility index (Phi) is 4.50. The van der Waals surface area contributed by atoms with Crippen LogP contribution in [0, 0.1) is 5.92 Å². The van der Waals surface area contributed by atoms with Gasteiger partial charge < -0.3 is 10.3 Å². The van der Waals surface area contributed by atoms with Gasteiger partial charge in [0, 0.05) is 10.5 Å². The maximum absolute atomic E-state index is 6.07. The minimum atomic E-state index is 0.393. The van der Waals surface area contributed by atoms with Crippen molar-refractivity contribution < 1.29 is 0 Å². The average Bonchev–Trinajstić information content (AvgIpc) is 2.63. The fourth-order valence-electron chi connectivity index (χ4n) is 2.50. The van der Waals surface area contributed by atoms with Gasteiger partial charge >= 0.3 is 0 Å². The van der Waals surface area contributed by atoms with Gasteiger partial charge in [-0.3, -0.25) is 0 Å². The predicted molar refractivity (Wildman–Crippen MR) is 85.2 cm³/mol. The SMILES string of the molecule is CC(C)CCCC(C)n1c(N)nc2cc(Br)ccc21. The van der Waals surface area contributed by atoms with Crippen LogP contribution in [0.2, 0.25) is 0 Å². The number of nitrogens with zero attached hydrogens (tertiary/aromatic N) is 2. The van der Waals surface area contributed by atoms with Gasteiger partial charge in [-0.05, 0) is 37.5 Å². The van der Waals surface area contributed by atoms with Gasteiger partial charge in [0.1, 0.15) is 0 Å². The van der Waals surface area contributed by atoms with Crippen LogP contribution in [-0.2, 0) is 0 Å². The van der Waals surface area contributed by atoms with Gasteiger partial charge in [0.2, 0.25) is 5.95 Å². The van der Waals surface area contributed by atoms with E-state index in [1.165, 1.54) is 12.8 Å². The van der Waals surface area contributed by atoms with Crippen LogP contribution < -0.4 is 5.73 Å². The van der Waals surface area contributed by atoms with Gasteiger partial charge in [-0.1, -0.05) is 42.6 Å². The van der Waals surface area contributed by atoms with Crippen molar-refractivity contribution in [2.45, 2.75) is 46.1 Å². The quantitative estimate of drug-likeness (QED) is 0.861. The van der Waals surface area contributed by atoms with E-state index in [1.54, 1.807) is 0 Å². The molecular weight excluding hydrogens is 302 g/mol. The molecule has 0 aliphatic heterocycles. The summed E-state index contributed by atoms with van der Waals surface area (Å²) in [5, 5.41) is 0. The number of hydrogen-bond acceptors (Lipinski definition) is 2. The highest BCUT2D eigenvalue weighted by Gasteiger charge is 2.14. The Morgan fingerprint density at radius 1 is 1.26 bits per heavy atom. The number of benzene rings is 1. The summed E-state index contributed by atoms with van der Waals surface area (Å²) in [6, 6.07) is 6.54. The highest BCUT2D eigenvalue weighted by molar-refractivity contribution is 9.10. The third-order valence-corrected chi connectivity index (χ3v) is 4.02. The molecule has 1 unspecified atom stereocenters. The molecule has 104 valence electrons. The highest BCUT2D eigenvalue weighted by atomic mass is 79.9. The Hall–Kier alpha value is -1.03. The summed E-state index contributed by atoms with van der Waals surface area (Å²) < 4.78 is 3.19. The molecule has 2 rings (SSSR count). The molecule has 0 amide bonds. The lowest BCUT2D eigenvalue weighted by molar-refractivity contribution is 0.457. The number of rotatable bonds is 5. The van der Waals surface area contributed by atoms with Crippen LogP contribution in [0.25, 0.3) is 11.0 Å². The number of aromatic nitrogens is 2. The molecule has 0 fully saturated rings. The van der Waals surface area contributed by atoms with Crippen molar-refractivity contribution in [3.63, 3.8) is 0 Å². The first kappa shape index (κ1) is 14.4. The zero-order chi connectivity index (χ0) is 14.0. The minimum Gasteiger partial charge on any atom is -0.369 e. The fraction of sp³-hybridized carbons (Fsp3) is 0.533. The van der Waals surface area contributed by atoms with E-state index < -0.39 is 0 Å². The number of halogens is 1. The van der Waals surface area contributed by atoms with E-state index in [1.807, 2.05) is 12.1 Å². The number of nitrogen functional groups attached to an aromatic ring is 1. The van der Waals surface area contributed by atoms with Crippen molar-refractivity contribution in [2.24, 2.45) is 5.92 Å². The molecule has 3 nitrogen and oxygen atoms in total.